The number of benzene rings is 2. The van der Waals surface area contributed by atoms with E-state index < -0.39 is 0 Å². The van der Waals surface area contributed by atoms with Crippen LogP contribution in [0.25, 0.3) is 0 Å². The third-order valence-corrected chi connectivity index (χ3v) is 5.12. The van der Waals surface area contributed by atoms with Crippen molar-refractivity contribution in [3.05, 3.63) is 70.2 Å². The highest BCUT2D eigenvalue weighted by Crippen LogP contribution is 2.21. The molecule has 0 aliphatic carbocycles. The molecule has 0 N–H and O–H groups in total. The summed E-state index contributed by atoms with van der Waals surface area (Å²) in [5, 5.41) is 0.609. The number of piperidine rings is 1. The Morgan fingerprint density at radius 3 is 2.50 bits per heavy atom. The molecule has 0 amide bonds. The molecule has 26 heavy (non-hydrogen) atoms. The van der Waals surface area contributed by atoms with Crippen molar-refractivity contribution < 1.29 is 9.53 Å². The molecule has 1 atom stereocenters. The molecular weight excluding hydrogens is 369 g/mol. The predicted octanol–water partition coefficient (Wildman–Crippen LogP) is 5.49. The molecule has 1 fully saturated rings. The molecule has 3 rings (SSSR count). The number of ether oxygens (including phenoxy) is 1. The van der Waals surface area contributed by atoms with Crippen molar-refractivity contribution in [2.24, 2.45) is 0 Å². The first-order chi connectivity index (χ1) is 12.1. The summed E-state index contributed by atoms with van der Waals surface area (Å²) in [6.07, 6.45) is 3.84. The monoisotopic (exact) mass is 393 g/mol. The van der Waals surface area contributed by atoms with Gasteiger partial charge in [-0.05, 0) is 61.7 Å². The smallest absolute Gasteiger partial charge is 0.338 e. The standard InChI is InChI=1S/C21H24ClNO2.ClH/c1-16-6-4-5-13-23(16)14-18-7-2-3-8-19(18)15-25-21(24)17-9-11-20(22)12-10-17;/h2-3,7-12,16H,4-6,13-15H2,1H3;1H. The van der Waals surface area contributed by atoms with Crippen LogP contribution in [0.3, 0.4) is 0 Å². The summed E-state index contributed by atoms with van der Waals surface area (Å²) in [5.41, 5.74) is 2.83. The molecule has 0 aromatic heterocycles. The highest BCUT2D eigenvalue weighted by Gasteiger charge is 2.19. The van der Waals surface area contributed by atoms with Gasteiger partial charge in [0.05, 0.1) is 5.56 Å². The molecule has 1 heterocycles. The first-order valence-electron chi connectivity index (χ1n) is 8.87. The molecule has 1 unspecified atom stereocenters. The second-order valence-electron chi connectivity index (χ2n) is 6.67. The maximum absolute atomic E-state index is 12.2. The van der Waals surface area contributed by atoms with Crippen molar-refractivity contribution in [1.29, 1.82) is 0 Å². The maximum Gasteiger partial charge on any atom is 0.338 e. The van der Waals surface area contributed by atoms with E-state index in [-0.39, 0.29) is 18.4 Å². The van der Waals surface area contributed by atoms with E-state index >= 15 is 0 Å². The van der Waals surface area contributed by atoms with Crippen LogP contribution >= 0.6 is 24.0 Å². The lowest BCUT2D eigenvalue weighted by atomic mass is 10.0. The molecule has 1 aliphatic heterocycles. The average Bonchev–Trinajstić information content (AvgIpc) is 2.63. The number of rotatable bonds is 5. The van der Waals surface area contributed by atoms with E-state index in [0.717, 1.165) is 18.7 Å². The van der Waals surface area contributed by atoms with E-state index in [1.165, 1.54) is 24.8 Å². The van der Waals surface area contributed by atoms with E-state index in [9.17, 15) is 4.79 Å². The number of halogens is 2. The molecular formula is C21H25Cl2NO2. The fourth-order valence-corrected chi connectivity index (χ4v) is 3.40. The van der Waals surface area contributed by atoms with Gasteiger partial charge in [-0.25, -0.2) is 4.79 Å². The van der Waals surface area contributed by atoms with E-state index in [1.807, 2.05) is 12.1 Å². The fourth-order valence-electron chi connectivity index (χ4n) is 3.28. The van der Waals surface area contributed by atoms with E-state index in [4.69, 9.17) is 16.3 Å². The molecule has 0 saturated carbocycles. The van der Waals surface area contributed by atoms with Gasteiger partial charge in [-0.3, -0.25) is 4.90 Å². The summed E-state index contributed by atoms with van der Waals surface area (Å²) >= 11 is 5.86. The van der Waals surface area contributed by atoms with Crippen LogP contribution in [0.15, 0.2) is 48.5 Å². The van der Waals surface area contributed by atoms with Gasteiger partial charge in [-0.15, -0.1) is 12.4 Å². The fraction of sp³-hybridized carbons (Fsp3) is 0.381. The summed E-state index contributed by atoms with van der Waals surface area (Å²) in [4.78, 5) is 14.7. The van der Waals surface area contributed by atoms with Crippen molar-refractivity contribution in [1.82, 2.24) is 4.90 Å². The number of hydrogen-bond donors (Lipinski definition) is 0. The minimum atomic E-state index is -0.321. The van der Waals surface area contributed by atoms with Crippen molar-refractivity contribution in [2.75, 3.05) is 6.54 Å². The third-order valence-electron chi connectivity index (χ3n) is 4.87. The van der Waals surface area contributed by atoms with E-state index in [1.54, 1.807) is 24.3 Å². The van der Waals surface area contributed by atoms with Crippen LogP contribution in [0.4, 0.5) is 0 Å². The van der Waals surface area contributed by atoms with Crippen molar-refractivity contribution in [2.45, 2.75) is 45.4 Å². The third kappa shape index (κ3) is 5.47. The summed E-state index contributed by atoms with van der Waals surface area (Å²) in [6.45, 7) is 4.64. The highest BCUT2D eigenvalue weighted by atomic mass is 35.5. The van der Waals surface area contributed by atoms with Gasteiger partial charge < -0.3 is 4.74 Å². The van der Waals surface area contributed by atoms with Gasteiger partial charge in [-0.1, -0.05) is 42.3 Å². The minimum Gasteiger partial charge on any atom is -0.457 e. The van der Waals surface area contributed by atoms with E-state index in [2.05, 4.69) is 24.0 Å². The SMILES string of the molecule is CC1CCCCN1Cc1ccccc1COC(=O)c1ccc(Cl)cc1.Cl. The topological polar surface area (TPSA) is 29.5 Å². The number of hydrogen-bond acceptors (Lipinski definition) is 3. The molecule has 0 spiro atoms. The van der Waals surface area contributed by atoms with Crippen LogP contribution in [0.5, 0.6) is 0 Å². The summed E-state index contributed by atoms with van der Waals surface area (Å²) < 4.78 is 5.51. The van der Waals surface area contributed by atoms with E-state index in [0.29, 0.717) is 23.2 Å². The lowest BCUT2D eigenvalue weighted by Crippen LogP contribution is -2.37. The van der Waals surface area contributed by atoms with Gasteiger partial charge in [0.2, 0.25) is 0 Å². The predicted molar refractivity (Wildman–Crippen MR) is 108 cm³/mol. The Bertz CT molecular complexity index is 718. The quantitative estimate of drug-likeness (QED) is 0.628. The molecule has 0 bridgehead atoms. The lowest BCUT2D eigenvalue weighted by Gasteiger charge is -2.33. The van der Waals surface area contributed by atoms with Crippen molar-refractivity contribution in [3.8, 4) is 0 Å². The average molecular weight is 394 g/mol. The number of carbonyl (C=O) groups is 1. The summed E-state index contributed by atoms with van der Waals surface area (Å²) in [7, 11) is 0. The number of nitrogens with zero attached hydrogens (tertiary/aromatic N) is 1. The molecule has 1 aliphatic rings. The van der Waals surface area contributed by atoms with Crippen LogP contribution in [0.1, 0.15) is 47.7 Å². The Morgan fingerprint density at radius 2 is 1.81 bits per heavy atom. The molecule has 1 saturated heterocycles. The highest BCUT2D eigenvalue weighted by molar-refractivity contribution is 6.30. The lowest BCUT2D eigenvalue weighted by molar-refractivity contribution is 0.0470. The Hall–Kier alpha value is -1.55. The molecule has 140 valence electrons. The largest absolute Gasteiger partial charge is 0.457 e. The van der Waals surface area contributed by atoms with Crippen LogP contribution in [0.2, 0.25) is 5.02 Å². The zero-order valence-corrected chi connectivity index (χ0v) is 16.6. The molecule has 2 aromatic carbocycles. The molecule has 5 heteroatoms. The van der Waals surface area contributed by atoms with Gasteiger partial charge in [-0.2, -0.15) is 0 Å². The second kappa shape index (κ2) is 9.96. The number of likely N-dealkylation sites (tertiary alicyclic amines) is 1. The Kier molecular flexibility index (Phi) is 7.95. The molecule has 3 nitrogen and oxygen atoms in total. The number of carbonyl (C=O) groups excluding carboxylic acids is 1. The zero-order valence-electron chi connectivity index (χ0n) is 15.0. The zero-order chi connectivity index (χ0) is 17.6. The van der Waals surface area contributed by atoms with Gasteiger partial charge in [0.1, 0.15) is 6.61 Å². The Balaban J connectivity index is 0.00000243. The minimum absolute atomic E-state index is 0. The van der Waals surface area contributed by atoms with Crippen molar-refractivity contribution in [3.63, 3.8) is 0 Å². The number of esters is 1. The molecule has 0 radical (unpaired) electrons. The van der Waals surface area contributed by atoms with Gasteiger partial charge in [0.25, 0.3) is 0 Å². The first-order valence-corrected chi connectivity index (χ1v) is 9.25. The Labute approximate surface area is 166 Å². The van der Waals surface area contributed by atoms with Gasteiger partial charge in [0.15, 0.2) is 0 Å². The first kappa shape index (κ1) is 20.8. The Morgan fingerprint density at radius 1 is 1.12 bits per heavy atom. The van der Waals surface area contributed by atoms with Gasteiger partial charge >= 0.3 is 5.97 Å². The second-order valence-corrected chi connectivity index (χ2v) is 7.10. The maximum atomic E-state index is 12.2. The normalized spacial score (nSPS) is 17.4. The van der Waals surface area contributed by atoms with Crippen LogP contribution in [-0.2, 0) is 17.9 Å². The van der Waals surface area contributed by atoms with Crippen molar-refractivity contribution >= 4 is 30.0 Å². The van der Waals surface area contributed by atoms with Gasteiger partial charge in [0, 0.05) is 17.6 Å². The summed E-state index contributed by atoms with van der Waals surface area (Å²) in [6, 6.07) is 15.6. The van der Waals surface area contributed by atoms with Crippen LogP contribution in [0, 0.1) is 0 Å². The van der Waals surface area contributed by atoms with Crippen LogP contribution in [-0.4, -0.2) is 23.5 Å². The molecule has 2 aromatic rings. The summed E-state index contributed by atoms with van der Waals surface area (Å²) in [5.74, 6) is -0.321. The van der Waals surface area contributed by atoms with Crippen LogP contribution < -0.4 is 0 Å².